The van der Waals surface area contributed by atoms with Gasteiger partial charge in [0.2, 0.25) is 5.91 Å². The number of halogens is 9. The maximum atomic E-state index is 14.8. The van der Waals surface area contributed by atoms with Crippen molar-refractivity contribution in [2.75, 3.05) is 18.8 Å². The van der Waals surface area contributed by atoms with Crippen molar-refractivity contribution in [3.63, 3.8) is 0 Å². The molecule has 9 nitrogen and oxygen atoms in total. The Labute approximate surface area is 223 Å². The molecule has 0 radical (unpaired) electrons. The van der Waals surface area contributed by atoms with Crippen molar-refractivity contribution in [3.8, 4) is 11.3 Å². The molecule has 3 atom stereocenters. The molecular formula is C23H19F9N6O3. The molecule has 1 aliphatic heterocycles. The van der Waals surface area contributed by atoms with Crippen LogP contribution in [0.4, 0.5) is 45.3 Å². The summed E-state index contributed by atoms with van der Waals surface area (Å²) in [6.07, 6.45) is -12.8. The quantitative estimate of drug-likeness (QED) is 0.388. The normalized spacial score (nSPS) is 19.4. The number of nitrogens with one attached hydrogen (secondary N) is 1. The topological polar surface area (TPSA) is 126 Å². The zero-order valence-electron chi connectivity index (χ0n) is 20.6. The lowest BCUT2D eigenvalue weighted by atomic mass is 10.0. The molecule has 18 heteroatoms. The SMILES string of the molecule is CC(O)(CC(=O)N1C[C@H](F)[C@H](NC(=O)c2cc(-c3cc(C(F)(F)F)c4c(N)ncnn34)c(F)cc2F)C1)C(F)(F)F. The Hall–Kier alpha value is -4.09. The summed E-state index contributed by atoms with van der Waals surface area (Å²) in [4.78, 5) is 29.2. The number of amides is 2. The highest BCUT2D eigenvalue weighted by Crippen LogP contribution is 2.39. The maximum absolute atomic E-state index is 14.8. The van der Waals surface area contributed by atoms with Crippen molar-refractivity contribution >= 4 is 23.1 Å². The van der Waals surface area contributed by atoms with Crippen LogP contribution in [-0.2, 0) is 11.0 Å². The highest BCUT2D eigenvalue weighted by molar-refractivity contribution is 5.96. The summed E-state index contributed by atoms with van der Waals surface area (Å²) < 4.78 is 124. The summed E-state index contributed by atoms with van der Waals surface area (Å²) in [5.41, 5.74) is -2.15. The molecule has 2 aromatic heterocycles. The molecule has 3 aromatic rings. The van der Waals surface area contributed by atoms with E-state index in [1.54, 1.807) is 0 Å². The first kappa shape index (κ1) is 29.9. The van der Waals surface area contributed by atoms with Gasteiger partial charge in [-0.3, -0.25) is 9.59 Å². The maximum Gasteiger partial charge on any atom is 0.418 e. The number of nitrogens with two attached hydrogens (primary N) is 1. The Morgan fingerprint density at radius 3 is 2.37 bits per heavy atom. The molecule has 1 unspecified atom stereocenters. The number of nitrogen functional groups attached to an aromatic ring is 1. The van der Waals surface area contributed by atoms with E-state index in [0.717, 1.165) is 6.33 Å². The van der Waals surface area contributed by atoms with Gasteiger partial charge >= 0.3 is 12.4 Å². The number of likely N-dealkylation sites (tertiary alicyclic amines) is 1. The van der Waals surface area contributed by atoms with E-state index in [9.17, 15) is 54.2 Å². The number of anilines is 1. The van der Waals surface area contributed by atoms with Gasteiger partial charge in [0.05, 0.1) is 35.8 Å². The van der Waals surface area contributed by atoms with E-state index in [4.69, 9.17) is 5.73 Å². The summed E-state index contributed by atoms with van der Waals surface area (Å²) in [7, 11) is 0. The predicted molar refractivity (Wildman–Crippen MR) is 122 cm³/mol. The number of rotatable bonds is 5. The Balaban J connectivity index is 1.61. The van der Waals surface area contributed by atoms with E-state index in [1.807, 2.05) is 0 Å². The van der Waals surface area contributed by atoms with Gasteiger partial charge in [0, 0.05) is 18.2 Å². The Kier molecular flexibility index (Phi) is 7.34. The van der Waals surface area contributed by atoms with Gasteiger partial charge in [-0.15, -0.1) is 0 Å². The number of aromatic nitrogens is 3. The highest BCUT2D eigenvalue weighted by Gasteiger charge is 2.52. The number of benzene rings is 1. The largest absolute Gasteiger partial charge is 0.418 e. The second-order valence-electron chi connectivity index (χ2n) is 9.50. The van der Waals surface area contributed by atoms with E-state index >= 15 is 0 Å². The number of nitrogens with zero attached hydrogens (tertiary/aromatic N) is 4. The van der Waals surface area contributed by atoms with Crippen LogP contribution in [0, 0.1) is 11.6 Å². The van der Waals surface area contributed by atoms with Gasteiger partial charge in [-0.25, -0.2) is 22.7 Å². The van der Waals surface area contributed by atoms with Crippen molar-refractivity contribution in [2.45, 2.75) is 43.5 Å². The van der Waals surface area contributed by atoms with Crippen LogP contribution in [0.5, 0.6) is 0 Å². The molecule has 4 N–H and O–H groups in total. The van der Waals surface area contributed by atoms with Crippen molar-refractivity contribution in [2.24, 2.45) is 0 Å². The van der Waals surface area contributed by atoms with Crippen LogP contribution in [0.1, 0.15) is 29.3 Å². The summed E-state index contributed by atoms with van der Waals surface area (Å²) >= 11 is 0. The number of carbonyl (C=O) groups is 2. The third-order valence-electron chi connectivity index (χ3n) is 6.49. The molecule has 2 amide bonds. The zero-order valence-corrected chi connectivity index (χ0v) is 20.6. The predicted octanol–water partition coefficient (Wildman–Crippen LogP) is 3.26. The Morgan fingerprint density at radius 1 is 1.10 bits per heavy atom. The fourth-order valence-electron chi connectivity index (χ4n) is 4.25. The lowest BCUT2D eigenvalue weighted by molar-refractivity contribution is -0.254. The Morgan fingerprint density at radius 2 is 1.76 bits per heavy atom. The number of aliphatic hydroxyl groups is 1. The number of alkyl halides is 7. The minimum Gasteiger partial charge on any atom is -0.382 e. The van der Waals surface area contributed by atoms with Crippen molar-refractivity contribution < 1.29 is 54.2 Å². The average molecular weight is 598 g/mol. The number of fused-ring (bicyclic) bond motifs is 1. The number of hydrogen-bond donors (Lipinski definition) is 3. The highest BCUT2D eigenvalue weighted by atomic mass is 19.4. The summed E-state index contributed by atoms with van der Waals surface area (Å²) in [6, 6.07) is -0.315. The van der Waals surface area contributed by atoms with E-state index in [0.29, 0.717) is 28.5 Å². The lowest BCUT2D eigenvalue weighted by Crippen LogP contribution is -2.47. The summed E-state index contributed by atoms with van der Waals surface area (Å²) in [6.45, 7) is -1.05. The summed E-state index contributed by atoms with van der Waals surface area (Å²) in [5, 5.41) is 15.2. The van der Waals surface area contributed by atoms with E-state index in [-0.39, 0.29) is 6.07 Å². The van der Waals surface area contributed by atoms with Crippen LogP contribution < -0.4 is 11.1 Å². The van der Waals surface area contributed by atoms with Crippen LogP contribution in [0.3, 0.4) is 0 Å². The van der Waals surface area contributed by atoms with Crippen molar-refractivity contribution in [3.05, 3.63) is 47.3 Å². The standard InChI is InChI=1S/C23H19F9N6O3/c1-21(41,23(30,31)32)5-17(39)37-6-14(26)15(7-37)36-20(40)10-2-9(12(24)4-13(10)25)16-3-11(22(27,28)29)18-19(33)34-8-35-38(16)18/h2-4,8,14-15,41H,5-7H2,1H3,(H,36,40)(H2,33,34,35)/t14-,15+,21?/m0/s1. The van der Waals surface area contributed by atoms with Crippen molar-refractivity contribution in [1.29, 1.82) is 0 Å². The molecule has 1 fully saturated rings. The molecule has 0 bridgehead atoms. The van der Waals surface area contributed by atoms with E-state index in [2.05, 4.69) is 15.4 Å². The third-order valence-corrected chi connectivity index (χ3v) is 6.49. The number of hydrogen-bond acceptors (Lipinski definition) is 6. The lowest BCUT2D eigenvalue weighted by Gasteiger charge is -2.27. The van der Waals surface area contributed by atoms with E-state index < -0.39 is 107 Å². The molecule has 0 spiro atoms. The first-order chi connectivity index (χ1) is 18.8. The van der Waals surface area contributed by atoms with Gasteiger partial charge < -0.3 is 21.1 Å². The van der Waals surface area contributed by atoms with Crippen LogP contribution in [0.15, 0.2) is 24.5 Å². The molecular weight excluding hydrogens is 579 g/mol. The van der Waals surface area contributed by atoms with Crippen LogP contribution in [0.25, 0.3) is 16.8 Å². The molecule has 4 rings (SSSR count). The second kappa shape index (κ2) is 10.1. The first-order valence-corrected chi connectivity index (χ1v) is 11.5. The van der Waals surface area contributed by atoms with E-state index in [1.165, 1.54) is 0 Å². The minimum absolute atomic E-state index is 0.206. The third kappa shape index (κ3) is 5.59. The average Bonchev–Trinajstić information content (AvgIpc) is 3.40. The molecule has 222 valence electrons. The monoisotopic (exact) mass is 598 g/mol. The second-order valence-corrected chi connectivity index (χ2v) is 9.50. The smallest absolute Gasteiger partial charge is 0.382 e. The molecule has 1 aliphatic rings. The summed E-state index contributed by atoms with van der Waals surface area (Å²) in [5.74, 6) is -6.10. The fraction of sp³-hybridized carbons (Fsp3) is 0.391. The van der Waals surface area contributed by atoms with Gasteiger partial charge in [-0.2, -0.15) is 31.4 Å². The minimum atomic E-state index is -5.16. The first-order valence-electron chi connectivity index (χ1n) is 11.5. The Bertz CT molecular complexity index is 1520. The molecule has 0 saturated carbocycles. The molecule has 1 saturated heterocycles. The van der Waals surface area contributed by atoms with Gasteiger partial charge in [-0.1, -0.05) is 0 Å². The van der Waals surface area contributed by atoms with Crippen molar-refractivity contribution in [1.82, 2.24) is 24.8 Å². The van der Waals surface area contributed by atoms with Crippen LogP contribution >= 0.6 is 0 Å². The van der Waals surface area contributed by atoms with Gasteiger partial charge in [0.1, 0.15) is 29.7 Å². The van der Waals surface area contributed by atoms with Crippen LogP contribution in [-0.4, -0.2) is 73.5 Å². The number of carbonyl (C=O) groups excluding carboxylic acids is 2. The molecule has 1 aromatic carbocycles. The fourth-order valence-corrected chi connectivity index (χ4v) is 4.25. The van der Waals surface area contributed by atoms with Crippen LogP contribution in [0.2, 0.25) is 0 Å². The van der Waals surface area contributed by atoms with Gasteiger partial charge in [0.15, 0.2) is 11.4 Å². The molecule has 41 heavy (non-hydrogen) atoms. The molecule has 3 heterocycles. The molecule has 0 aliphatic carbocycles. The zero-order chi connectivity index (χ0) is 30.7. The van der Waals surface area contributed by atoms with Gasteiger partial charge in [0.25, 0.3) is 5.91 Å². The van der Waals surface area contributed by atoms with Gasteiger partial charge in [-0.05, 0) is 19.1 Å².